The molecule has 5 nitrogen and oxygen atoms in total. The van der Waals surface area contributed by atoms with Crippen molar-refractivity contribution >= 4 is 23.2 Å². The largest absolute Gasteiger partial charge is 0.325 e. The van der Waals surface area contributed by atoms with Gasteiger partial charge in [0.05, 0.1) is 12.2 Å². The average molecular weight is 321 g/mol. The topological polar surface area (TPSA) is 50.2 Å². The first-order chi connectivity index (χ1) is 10.4. The summed E-state index contributed by atoms with van der Waals surface area (Å²) in [7, 11) is 3.85. The number of carbonyl (C=O) groups excluding carboxylic acids is 1. The Bertz CT molecular complexity index is 681. The smallest absolute Gasteiger partial charge is 0.238 e. The van der Waals surface area contributed by atoms with E-state index in [9.17, 15) is 4.79 Å². The molecule has 0 saturated carbocycles. The molecule has 0 spiro atoms. The summed E-state index contributed by atoms with van der Waals surface area (Å²) in [6.45, 7) is 5.02. The van der Waals surface area contributed by atoms with Crippen molar-refractivity contribution in [3.8, 4) is 0 Å². The lowest BCUT2D eigenvalue weighted by molar-refractivity contribution is -0.117. The predicted octanol–water partition coefficient (Wildman–Crippen LogP) is 2.76. The summed E-state index contributed by atoms with van der Waals surface area (Å²) >= 11 is 5.91. The highest BCUT2D eigenvalue weighted by molar-refractivity contribution is 6.30. The van der Waals surface area contributed by atoms with Crippen LogP contribution in [0.2, 0.25) is 5.02 Å². The third-order valence-electron chi connectivity index (χ3n) is 3.61. The lowest BCUT2D eigenvalue weighted by Crippen LogP contribution is -2.30. The molecule has 1 aromatic heterocycles. The van der Waals surface area contributed by atoms with E-state index in [0.29, 0.717) is 23.8 Å². The molecule has 1 N–H and O–H groups in total. The summed E-state index contributed by atoms with van der Waals surface area (Å²) < 4.78 is 1.87. The number of nitrogens with one attached hydrogen (secondary N) is 1. The van der Waals surface area contributed by atoms with Crippen molar-refractivity contribution in [2.75, 3.05) is 18.9 Å². The molecule has 0 aliphatic carbocycles. The highest BCUT2D eigenvalue weighted by Gasteiger charge is 2.13. The number of anilines is 1. The number of aromatic nitrogens is 2. The summed E-state index contributed by atoms with van der Waals surface area (Å²) in [6, 6.07) is 7.13. The number of benzene rings is 1. The molecule has 0 atom stereocenters. The summed E-state index contributed by atoms with van der Waals surface area (Å²) in [5.74, 6) is -0.0658. The molecule has 118 valence electrons. The predicted molar refractivity (Wildman–Crippen MR) is 89.1 cm³/mol. The van der Waals surface area contributed by atoms with E-state index in [4.69, 9.17) is 11.6 Å². The van der Waals surface area contributed by atoms with Gasteiger partial charge in [0.2, 0.25) is 5.91 Å². The fraction of sp³-hybridized carbons (Fsp3) is 0.375. The zero-order chi connectivity index (χ0) is 16.3. The lowest BCUT2D eigenvalue weighted by Gasteiger charge is -2.16. The van der Waals surface area contributed by atoms with Crippen LogP contribution < -0.4 is 5.32 Å². The maximum absolute atomic E-state index is 12.1. The molecule has 0 saturated heterocycles. The molecule has 2 aromatic rings. The maximum Gasteiger partial charge on any atom is 0.238 e. The Kier molecular flexibility index (Phi) is 5.21. The minimum Gasteiger partial charge on any atom is -0.325 e. The van der Waals surface area contributed by atoms with Gasteiger partial charge < -0.3 is 5.32 Å². The van der Waals surface area contributed by atoms with Crippen molar-refractivity contribution in [2.45, 2.75) is 20.4 Å². The van der Waals surface area contributed by atoms with Crippen molar-refractivity contribution in [3.05, 3.63) is 46.2 Å². The molecule has 1 heterocycles. The Hall–Kier alpha value is -1.85. The molecule has 0 bridgehead atoms. The molecule has 0 unspecified atom stereocenters. The Morgan fingerprint density at radius 1 is 1.41 bits per heavy atom. The highest BCUT2D eigenvalue weighted by Crippen LogP contribution is 2.16. The van der Waals surface area contributed by atoms with Crippen LogP contribution in [-0.2, 0) is 18.4 Å². The monoisotopic (exact) mass is 320 g/mol. The second-order valence-corrected chi connectivity index (χ2v) is 5.94. The van der Waals surface area contributed by atoms with Crippen molar-refractivity contribution in [2.24, 2.45) is 7.05 Å². The quantitative estimate of drug-likeness (QED) is 0.921. The number of halogens is 1. The molecule has 0 aliphatic heterocycles. The molecule has 1 amide bonds. The van der Waals surface area contributed by atoms with Gasteiger partial charge in [-0.25, -0.2) is 0 Å². The van der Waals surface area contributed by atoms with Crippen molar-refractivity contribution in [1.82, 2.24) is 14.7 Å². The number of amides is 1. The highest BCUT2D eigenvalue weighted by atomic mass is 35.5. The van der Waals surface area contributed by atoms with Crippen molar-refractivity contribution < 1.29 is 4.79 Å². The molecule has 2 rings (SSSR count). The molecule has 1 aromatic carbocycles. The van der Waals surface area contributed by atoms with Crippen molar-refractivity contribution in [3.63, 3.8) is 0 Å². The second-order valence-electron chi connectivity index (χ2n) is 5.50. The van der Waals surface area contributed by atoms with Gasteiger partial charge in [0, 0.05) is 35.6 Å². The Morgan fingerprint density at radius 3 is 2.73 bits per heavy atom. The Balaban J connectivity index is 1.94. The first-order valence-corrected chi connectivity index (χ1v) is 7.47. The number of aryl methyl sites for hydroxylation is 2. The number of rotatable bonds is 5. The number of hydrogen-bond acceptors (Lipinski definition) is 3. The Morgan fingerprint density at radius 2 is 2.14 bits per heavy atom. The van der Waals surface area contributed by atoms with Crippen LogP contribution in [0.4, 0.5) is 5.69 Å². The third-order valence-corrected chi connectivity index (χ3v) is 3.84. The molecule has 0 fully saturated rings. The van der Waals surface area contributed by atoms with Crippen LogP contribution >= 0.6 is 11.6 Å². The summed E-state index contributed by atoms with van der Waals surface area (Å²) in [5, 5.41) is 7.85. The summed E-state index contributed by atoms with van der Waals surface area (Å²) in [4.78, 5) is 14.1. The van der Waals surface area contributed by atoms with Crippen molar-refractivity contribution in [1.29, 1.82) is 0 Å². The second kappa shape index (κ2) is 6.94. The first-order valence-electron chi connectivity index (χ1n) is 7.10. The van der Waals surface area contributed by atoms with Gasteiger partial charge in [0.25, 0.3) is 0 Å². The van der Waals surface area contributed by atoms with E-state index in [-0.39, 0.29) is 5.91 Å². The molecule has 0 radical (unpaired) electrons. The van der Waals surface area contributed by atoms with Crippen LogP contribution in [-0.4, -0.2) is 34.2 Å². The van der Waals surface area contributed by atoms with E-state index in [1.165, 1.54) is 5.56 Å². The molecular formula is C16H21ClN4O. The first kappa shape index (κ1) is 16.5. The van der Waals surface area contributed by atoms with Crippen LogP contribution in [0.1, 0.15) is 17.0 Å². The van der Waals surface area contributed by atoms with Crippen LogP contribution in [0.15, 0.2) is 24.3 Å². The van der Waals surface area contributed by atoms with Crippen LogP contribution in [0.3, 0.4) is 0 Å². The summed E-state index contributed by atoms with van der Waals surface area (Å²) in [6.07, 6.45) is 0. The standard InChI is InChI=1S/C16H21ClN4O/c1-11-15(12(2)21(4)19-11)9-20(3)10-16(22)18-14-7-5-6-13(17)8-14/h5-8H,9-10H2,1-4H3,(H,18,22). The molecule has 6 heteroatoms. The van der Waals surface area contributed by atoms with E-state index in [2.05, 4.69) is 10.4 Å². The minimum atomic E-state index is -0.0658. The number of likely N-dealkylation sites (N-methyl/N-ethyl adjacent to an activating group) is 1. The van der Waals surface area contributed by atoms with Crippen LogP contribution in [0.5, 0.6) is 0 Å². The van der Waals surface area contributed by atoms with Gasteiger partial charge in [-0.15, -0.1) is 0 Å². The van der Waals surface area contributed by atoms with Crippen LogP contribution in [0, 0.1) is 13.8 Å². The van der Waals surface area contributed by atoms with Gasteiger partial charge >= 0.3 is 0 Å². The van der Waals surface area contributed by atoms with E-state index in [0.717, 1.165) is 11.4 Å². The van der Waals surface area contributed by atoms with E-state index < -0.39 is 0 Å². The molecule has 22 heavy (non-hydrogen) atoms. The average Bonchev–Trinajstić information content (AvgIpc) is 2.65. The van der Waals surface area contributed by atoms with Gasteiger partial charge in [-0.3, -0.25) is 14.4 Å². The lowest BCUT2D eigenvalue weighted by atomic mass is 10.2. The number of nitrogens with zero attached hydrogens (tertiary/aromatic N) is 3. The fourth-order valence-corrected chi connectivity index (χ4v) is 2.57. The fourth-order valence-electron chi connectivity index (χ4n) is 2.38. The summed E-state index contributed by atoms with van der Waals surface area (Å²) in [5.41, 5.74) is 4.00. The van der Waals surface area contributed by atoms with E-state index in [1.54, 1.807) is 12.1 Å². The van der Waals surface area contributed by atoms with Gasteiger partial charge in [0.15, 0.2) is 0 Å². The zero-order valence-electron chi connectivity index (χ0n) is 13.4. The van der Waals surface area contributed by atoms with E-state index in [1.807, 2.05) is 49.7 Å². The molecule has 0 aliphatic rings. The number of carbonyl (C=O) groups is 1. The number of hydrogen-bond donors (Lipinski definition) is 1. The normalized spacial score (nSPS) is 11.0. The maximum atomic E-state index is 12.1. The minimum absolute atomic E-state index is 0.0658. The third kappa shape index (κ3) is 4.08. The van der Waals surface area contributed by atoms with Gasteiger partial charge in [0.1, 0.15) is 0 Å². The van der Waals surface area contributed by atoms with Gasteiger partial charge in [-0.1, -0.05) is 17.7 Å². The molecular weight excluding hydrogens is 300 g/mol. The van der Waals surface area contributed by atoms with E-state index >= 15 is 0 Å². The SMILES string of the molecule is Cc1nn(C)c(C)c1CN(C)CC(=O)Nc1cccc(Cl)c1. The van der Waals surface area contributed by atoms with Gasteiger partial charge in [-0.2, -0.15) is 5.10 Å². The van der Waals surface area contributed by atoms with Crippen LogP contribution in [0.25, 0.3) is 0 Å². The zero-order valence-corrected chi connectivity index (χ0v) is 14.1. The van der Waals surface area contributed by atoms with Gasteiger partial charge in [-0.05, 0) is 39.1 Å². The Labute approximate surface area is 135 Å².